The highest BCUT2D eigenvalue weighted by Gasteiger charge is 2.08. The third kappa shape index (κ3) is 3.94. The Bertz CT molecular complexity index is 532. The lowest BCUT2D eigenvalue weighted by Gasteiger charge is -2.20. The second kappa shape index (κ2) is 6.23. The van der Waals surface area contributed by atoms with Crippen LogP contribution < -0.4 is 5.32 Å². The van der Waals surface area contributed by atoms with Gasteiger partial charge in [-0.15, -0.1) is 0 Å². The van der Waals surface area contributed by atoms with Gasteiger partial charge in [0.15, 0.2) is 0 Å². The number of benzene rings is 1. The van der Waals surface area contributed by atoms with Crippen molar-refractivity contribution in [3.63, 3.8) is 0 Å². The molecular formula is C17H25N3. The Kier molecular flexibility index (Phi) is 4.61. The molecule has 0 aliphatic heterocycles. The van der Waals surface area contributed by atoms with E-state index in [2.05, 4.69) is 66.8 Å². The van der Waals surface area contributed by atoms with Crippen LogP contribution in [0.5, 0.6) is 0 Å². The quantitative estimate of drug-likeness (QED) is 0.898. The molecule has 1 N–H and O–H groups in total. The highest BCUT2D eigenvalue weighted by molar-refractivity contribution is 5.36. The maximum atomic E-state index is 4.42. The van der Waals surface area contributed by atoms with E-state index in [4.69, 9.17) is 0 Å². The van der Waals surface area contributed by atoms with E-state index < -0.39 is 0 Å². The molecule has 0 amide bonds. The van der Waals surface area contributed by atoms with Gasteiger partial charge in [0.1, 0.15) is 5.82 Å². The Morgan fingerprint density at radius 3 is 2.45 bits per heavy atom. The third-order valence-electron chi connectivity index (χ3n) is 3.23. The van der Waals surface area contributed by atoms with E-state index in [-0.39, 0.29) is 5.54 Å². The van der Waals surface area contributed by atoms with Crippen LogP contribution in [0.25, 0.3) is 5.69 Å². The predicted octanol–water partition coefficient (Wildman–Crippen LogP) is 3.71. The zero-order valence-corrected chi connectivity index (χ0v) is 13.0. The molecule has 0 radical (unpaired) electrons. The van der Waals surface area contributed by atoms with Crippen molar-refractivity contribution in [2.45, 2.75) is 52.6 Å². The number of aromatic nitrogens is 2. The fourth-order valence-corrected chi connectivity index (χ4v) is 2.12. The lowest BCUT2D eigenvalue weighted by molar-refractivity contribution is 0.424. The van der Waals surface area contributed by atoms with Crippen molar-refractivity contribution in [2.75, 3.05) is 0 Å². The molecule has 0 atom stereocenters. The topological polar surface area (TPSA) is 29.9 Å². The van der Waals surface area contributed by atoms with Gasteiger partial charge in [0, 0.05) is 36.6 Å². The summed E-state index contributed by atoms with van der Waals surface area (Å²) in [6.45, 7) is 9.63. The number of aryl methyl sites for hydroxylation is 1. The molecule has 108 valence electrons. The molecule has 0 saturated carbocycles. The summed E-state index contributed by atoms with van der Waals surface area (Å²) in [4.78, 5) is 4.42. The highest BCUT2D eigenvalue weighted by Crippen LogP contribution is 2.14. The zero-order chi connectivity index (χ0) is 14.6. The first kappa shape index (κ1) is 14.8. The fraction of sp³-hybridized carbons (Fsp3) is 0.471. The molecule has 0 aliphatic rings. The number of nitrogens with one attached hydrogen (secondary N) is 1. The summed E-state index contributed by atoms with van der Waals surface area (Å²) in [5, 5.41) is 3.50. The Hall–Kier alpha value is -1.61. The number of imidazole rings is 1. The molecule has 0 unspecified atom stereocenters. The van der Waals surface area contributed by atoms with Crippen molar-refractivity contribution in [3.05, 3.63) is 48.0 Å². The van der Waals surface area contributed by atoms with Gasteiger partial charge in [0.2, 0.25) is 0 Å². The number of nitrogens with zero attached hydrogens (tertiary/aromatic N) is 2. The molecule has 0 saturated heterocycles. The molecule has 3 nitrogen and oxygen atoms in total. The van der Waals surface area contributed by atoms with Crippen molar-refractivity contribution in [3.8, 4) is 5.69 Å². The van der Waals surface area contributed by atoms with Crippen LogP contribution in [-0.4, -0.2) is 15.1 Å². The molecule has 0 fully saturated rings. The lowest BCUT2D eigenvalue weighted by atomic mass is 10.1. The second-order valence-corrected chi connectivity index (χ2v) is 6.23. The van der Waals surface area contributed by atoms with Gasteiger partial charge in [-0.05, 0) is 44.9 Å². The molecule has 0 aliphatic carbocycles. The summed E-state index contributed by atoms with van der Waals surface area (Å²) >= 11 is 0. The maximum Gasteiger partial charge on any atom is 0.113 e. The van der Waals surface area contributed by atoms with E-state index in [0.29, 0.717) is 0 Å². The first-order valence-electron chi connectivity index (χ1n) is 7.36. The van der Waals surface area contributed by atoms with Gasteiger partial charge in [-0.2, -0.15) is 0 Å². The Labute approximate surface area is 122 Å². The van der Waals surface area contributed by atoms with E-state index >= 15 is 0 Å². The van der Waals surface area contributed by atoms with E-state index in [1.165, 1.54) is 11.3 Å². The molecule has 3 heteroatoms. The smallest absolute Gasteiger partial charge is 0.113 e. The van der Waals surface area contributed by atoms with E-state index in [9.17, 15) is 0 Å². The van der Waals surface area contributed by atoms with Gasteiger partial charge in [-0.1, -0.05) is 19.1 Å². The number of hydrogen-bond acceptors (Lipinski definition) is 2. The molecule has 1 heterocycles. The minimum atomic E-state index is 0.150. The summed E-state index contributed by atoms with van der Waals surface area (Å²) in [5.74, 6) is 1.13. The lowest BCUT2D eigenvalue weighted by Crippen LogP contribution is -2.35. The minimum absolute atomic E-state index is 0.150. The average molecular weight is 271 g/mol. The van der Waals surface area contributed by atoms with Gasteiger partial charge in [0.05, 0.1) is 0 Å². The number of hydrogen-bond donors (Lipinski definition) is 1. The summed E-state index contributed by atoms with van der Waals surface area (Å²) < 4.78 is 2.17. The van der Waals surface area contributed by atoms with Crippen LogP contribution >= 0.6 is 0 Å². The van der Waals surface area contributed by atoms with Crippen LogP contribution in [0.3, 0.4) is 0 Å². The monoisotopic (exact) mass is 271 g/mol. The Morgan fingerprint density at radius 1 is 1.15 bits per heavy atom. The standard InChI is InChI=1S/C17H25N3/c1-5-6-16-18-11-12-20(16)15-9-7-14(8-10-15)13-19-17(2,3)4/h7-12,19H,5-6,13H2,1-4H3. The van der Waals surface area contributed by atoms with Gasteiger partial charge >= 0.3 is 0 Å². The highest BCUT2D eigenvalue weighted by atomic mass is 15.1. The molecular weight excluding hydrogens is 246 g/mol. The van der Waals surface area contributed by atoms with E-state index in [1.807, 2.05) is 12.4 Å². The molecule has 20 heavy (non-hydrogen) atoms. The fourth-order valence-electron chi connectivity index (χ4n) is 2.12. The SMILES string of the molecule is CCCc1nccn1-c1ccc(CNC(C)(C)C)cc1. The summed E-state index contributed by atoms with van der Waals surface area (Å²) in [5.41, 5.74) is 2.64. The van der Waals surface area contributed by atoms with Crippen molar-refractivity contribution in [2.24, 2.45) is 0 Å². The predicted molar refractivity (Wildman–Crippen MR) is 84.2 cm³/mol. The van der Waals surface area contributed by atoms with Crippen LogP contribution in [0, 0.1) is 0 Å². The van der Waals surface area contributed by atoms with Crippen molar-refractivity contribution < 1.29 is 0 Å². The minimum Gasteiger partial charge on any atom is -0.308 e. The van der Waals surface area contributed by atoms with Crippen LogP contribution in [0.4, 0.5) is 0 Å². The van der Waals surface area contributed by atoms with Crippen LogP contribution in [-0.2, 0) is 13.0 Å². The normalized spacial score (nSPS) is 11.8. The molecule has 2 aromatic rings. The van der Waals surface area contributed by atoms with Crippen molar-refractivity contribution in [1.29, 1.82) is 0 Å². The largest absolute Gasteiger partial charge is 0.308 e. The average Bonchev–Trinajstić information content (AvgIpc) is 2.85. The van der Waals surface area contributed by atoms with Crippen LogP contribution in [0.1, 0.15) is 45.5 Å². The van der Waals surface area contributed by atoms with E-state index in [0.717, 1.165) is 25.2 Å². The third-order valence-corrected chi connectivity index (χ3v) is 3.23. The molecule has 2 rings (SSSR count). The summed E-state index contributed by atoms with van der Waals surface area (Å²) in [6.07, 6.45) is 6.04. The van der Waals surface area contributed by atoms with Gasteiger partial charge in [0.25, 0.3) is 0 Å². The molecule has 0 bridgehead atoms. The van der Waals surface area contributed by atoms with Crippen molar-refractivity contribution >= 4 is 0 Å². The van der Waals surface area contributed by atoms with Gasteiger partial charge < -0.3 is 9.88 Å². The zero-order valence-electron chi connectivity index (χ0n) is 13.0. The first-order valence-corrected chi connectivity index (χ1v) is 7.36. The van der Waals surface area contributed by atoms with E-state index in [1.54, 1.807) is 0 Å². The first-order chi connectivity index (χ1) is 9.49. The second-order valence-electron chi connectivity index (χ2n) is 6.23. The number of rotatable bonds is 5. The summed E-state index contributed by atoms with van der Waals surface area (Å²) in [6, 6.07) is 8.70. The van der Waals surface area contributed by atoms with Crippen LogP contribution in [0.2, 0.25) is 0 Å². The molecule has 0 spiro atoms. The Morgan fingerprint density at radius 2 is 1.85 bits per heavy atom. The Balaban J connectivity index is 2.09. The molecule has 1 aromatic carbocycles. The molecule has 1 aromatic heterocycles. The summed E-state index contributed by atoms with van der Waals surface area (Å²) in [7, 11) is 0. The van der Waals surface area contributed by atoms with Gasteiger partial charge in [-0.25, -0.2) is 4.98 Å². The van der Waals surface area contributed by atoms with Crippen LogP contribution in [0.15, 0.2) is 36.7 Å². The van der Waals surface area contributed by atoms with Gasteiger partial charge in [-0.3, -0.25) is 0 Å². The maximum absolute atomic E-state index is 4.42. The van der Waals surface area contributed by atoms with Crippen molar-refractivity contribution in [1.82, 2.24) is 14.9 Å².